The minimum absolute atomic E-state index is 0.107. The molecule has 0 bridgehead atoms. The van der Waals surface area contributed by atoms with Gasteiger partial charge in [-0.3, -0.25) is 0 Å². The molecule has 3 nitrogen and oxygen atoms in total. The monoisotopic (exact) mass is 319 g/mol. The summed E-state index contributed by atoms with van der Waals surface area (Å²) in [5.74, 6) is 0.531. The van der Waals surface area contributed by atoms with Crippen molar-refractivity contribution < 1.29 is 9.53 Å². The van der Waals surface area contributed by atoms with E-state index in [1.54, 1.807) is 12.1 Å². The summed E-state index contributed by atoms with van der Waals surface area (Å²) in [4.78, 5) is 11.7. The lowest BCUT2D eigenvalue weighted by atomic mass is 10.1. The molecule has 1 N–H and O–H groups in total. The second kappa shape index (κ2) is 6.38. The topological polar surface area (TPSA) is 38.3 Å². The van der Waals surface area contributed by atoms with Crippen LogP contribution in [0, 0.1) is 0 Å². The summed E-state index contributed by atoms with van der Waals surface area (Å²) >= 11 is 3.38. The van der Waals surface area contributed by atoms with Crippen LogP contribution in [0.4, 0.5) is 4.79 Å². The molecule has 98 valence electrons. The standard InChI is InChI=1S/C15H14BrNO2/c1-11(12-7-9-13(16)10-8-12)17-15(18)19-14-5-3-2-4-6-14/h2-11H,1H3,(H,17,18)/t11-/m0/s1. The van der Waals surface area contributed by atoms with E-state index in [2.05, 4.69) is 21.2 Å². The van der Waals surface area contributed by atoms with Crippen LogP contribution in [-0.4, -0.2) is 6.09 Å². The number of hydrogen-bond donors (Lipinski definition) is 1. The molecule has 0 aliphatic carbocycles. The van der Waals surface area contributed by atoms with Crippen molar-refractivity contribution in [2.75, 3.05) is 0 Å². The number of rotatable bonds is 3. The van der Waals surface area contributed by atoms with E-state index in [0.717, 1.165) is 10.0 Å². The lowest BCUT2D eigenvalue weighted by Crippen LogP contribution is -2.29. The minimum Gasteiger partial charge on any atom is -0.410 e. The number of ether oxygens (including phenoxy) is 1. The van der Waals surface area contributed by atoms with E-state index in [9.17, 15) is 4.79 Å². The first-order chi connectivity index (χ1) is 9.15. The first-order valence-corrected chi connectivity index (χ1v) is 6.73. The van der Waals surface area contributed by atoms with Crippen LogP contribution in [0.15, 0.2) is 59.1 Å². The zero-order valence-electron chi connectivity index (χ0n) is 10.5. The van der Waals surface area contributed by atoms with Crippen molar-refractivity contribution in [1.82, 2.24) is 5.32 Å². The Morgan fingerprint density at radius 2 is 1.74 bits per heavy atom. The summed E-state index contributed by atoms with van der Waals surface area (Å²) in [6.45, 7) is 1.91. The summed E-state index contributed by atoms with van der Waals surface area (Å²) in [5, 5.41) is 2.79. The Balaban J connectivity index is 1.93. The van der Waals surface area contributed by atoms with Crippen molar-refractivity contribution in [1.29, 1.82) is 0 Å². The van der Waals surface area contributed by atoms with Crippen LogP contribution in [-0.2, 0) is 0 Å². The molecule has 0 saturated carbocycles. The van der Waals surface area contributed by atoms with Crippen molar-refractivity contribution in [3.63, 3.8) is 0 Å². The van der Waals surface area contributed by atoms with Gasteiger partial charge in [0.2, 0.25) is 0 Å². The van der Waals surface area contributed by atoms with Crippen molar-refractivity contribution in [3.8, 4) is 5.75 Å². The second-order valence-corrected chi connectivity index (χ2v) is 5.04. The fourth-order valence-corrected chi connectivity index (χ4v) is 1.90. The molecule has 1 atom stereocenters. The normalized spacial score (nSPS) is 11.7. The number of para-hydroxylation sites is 1. The number of carbonyl (C=O) groups excluding carboxylic acids is 1. The molecule has 19 heavy (non-hydrogen) atoms. The minimum atomic E-state index is -0.457. The smallest absolute Gasteiger partial charge is 0.410 e. The van der Waals surface area contributed by atoms with Crippen LogP contribution in [0.2, 0.25) is 0 Å². The molecule has 0 aliphatic heterocycles. The molecule has 1 amide bonds. The maximum absolute atomic E-state index is 11.7. The lowest BCUT2D eigenvalue weighted by molar-refractivity contribution is 0.197. The van der Waals surface area contributed by atoms with Crippen molar-refractivity contribution in [3.05, 3.63) is 64.6 Å². The molecule has 2 aromatic carbocycles. The number of benzene rings is 2. The van der Waals surface area contributed by atoms with Gasteiger partial charge in [0.25, 0.3) is 0 Å². The van der Waals surface area contributed by atoms with Gasteiger partial charge in [0.15, 0.2) is 0 Å². The van der Waals surface area contributed by atoms with Crippen LogP contribution in [0.3, 0.4) is 0 Å². The fraction of sp³-hybridized carbons (Fsp3) is 0.133. The summed E-state index contributed by atoms with van der Waals surface area (Å²) in [6.07, 6.45) is -0.457. The van der Waals surface area contributed by atoms with E-state index < -0.39 is 6.09 Å². The van der Waals surface area contributed by atoms with Gasteiger partial charge in [-0.2, -0.15) is 0 Å². The molecule has 2 rings (SSSR count). The van der Waals surface area contributed by atoms with Gasteiger partial charge >= 0.3 is 6.09 Å². The lowest BCUT2D eigenvalue weighted by Gasteiger charge is -2.14. The van der Waals surface area contributed by atoms with E-state index in [0.29, 0.717) is 5.75 Å². The van der Waals surface area contributed by atoms with Crippen LogP contribution in [0.5, 0.6) is 5.75 Å². The first kappa shape index (κ1) is 13.6. The summed E-state index contributed by atoms with van der Waals surface area (Å²) in [5.41, 5.74) is 1.02. The molecule has 0 radical (unpaired) electrons. The Kier molecular flexibility index (Phi) is 4.58. The number of hydrogen-bond acceptors (Lipinski definition) is 2. The molecule has 0 fully saturated rings. The quantitative estimate of drug-likeness (QED) is 0.916. The van der Waals surface area contributed by atoms with Crippen LogP contribution in [0.1, 0.15) is 18.5 Å². The predicted molar refractivity (Wildman–Crippen MR) is 78.2 cm³/mol. The molecule has 4 heteroatoms. The Morgan fingerprint density at radius 1 is 1.11 bits per heavy atom. The third kappa shape index (κ3) is 4.10. The van der Waals surface area contributed by atoms with Gasteiger partial charge in [0.05, 0.1) is 6.04 Å². The molecule has 0 spiro atoms. The second-order valence-electron chi connectivity index (χ2n) is 4.12. The maximum Gasteiger partial charge on any atom is 0.413 e. The van der Waals surface area contributed by atoms with Gasteiger partial charge in [0.1, 0.15) is 5.75 Å². The van der Waals surface area contributed by atoms with Crippen molar-refractivity contribution in [2.24, 2.45) is 0 Å². The van der Waals surface area contributed by atoms with E-state index in [4.69, 9.17) is 4.74 Å². The Labute approximate surface area is 120 Å². The van der Waals surface area contributed by atoms with Crippen molar-refractivity contribution in [2.45, 2.75) is 13.0 Å². The van der Waals surface area contributed by atoms with Crippen LogP contribution in [0.25, 0.3) is 0 Å². The number of amides is 1. The summed E-state index contributed by atoms with van der Waals surface area (Å²) < 4.78 is 6.18. The van der Waals surface area contributed by atoms with Gasteiger partial charge in [-0.15, -0.1) is 0 Å². The highest BCUT2D eigenvalue weighted by Crippen LogP contribution is 2.17. The Bertz CT molecular complexity index is 540. The molecule has 2 aromatic rings. The molecule has 0 saturated heterocycles. The first-order valence-electron chi connectivity index (χ1n) is 5.94. The Hall–Kier alpha value is -1.81. The predicted octanol–water partition coefficient (Wildman–Crippen LogP) is 4.30. The Morgan fingerprint density at radius 3 is 2.37 bits per heavy atom. The van der Waals surface area contributed by atoms with E-state index in [1.807, 2.05) is 49.4 Å². The summed E-state index contributed by atoms with van der Waals surface area (Å²) in [7, 11) is 0. The summed E-state index contributed by atoms with van der Waals surface area (Å²) in [6, 6.07) is 16.7. The van der Waals surface area contributed by atoms with E-state index in [1.165, 1.54) is 0 Å². The van der Waals surface area contributed by atoms with Gasteiger partial charge < -0.3 is 10.1 Å². The maximum atomic E-state index is 11.7. The van der Waals surface area contributed by atoms with Crippen LogP contribution >= 0.6 is 15.9 Å². The highest BCUT2D eigenvalue weighted by Gasteiger charge is 2.10. The SMILES string of the molecule is C[C@H](NC(=O)Oc1ccccc1)c1ccc(Br)cc1. The average Bonchev–Trinajstić information content (AvgIpc) is 2.40. The third-order valence-corrected chi connectivity index (χ3v) is 3.19. The molecule has 0 heterocycles. The van der Waals surface area contributed by atoms with Gasteiger partial charge in [-0.25, -0.2) is 4.79 Å². The van der Waals surface area contributed by atoms with E-state index in [-0.39, 0.29) is 6.04 Å². The average molecular weight is 320 g/mol. The number of carbonyl (C=O) groups is 1. The van der Waals surface area contributed by atoms with Crippen LogP contribution < -0.4 is 10.1 Å². The molecular formula is C15H14BrNO2. The molecule has 0 aromatic heterocycles. The van der Waals surface area contributed by atoms with E-state index >= 15 is 0 Å². The number of halogens is 1. The van der Waals surface area contributed by atoms with Gasteiger partial charge in [-0.1, -0.05) is 46.3 Å². The fourth-order valence-electron chi connectivity index (χ4n) is 1.64. The molecule has 0 unspecified atom stereocenters. The molecular weight excluding hydrogens is 306 g/mol. The number of nitrogens with one attached hydrogen (secondary N) is 1. The van der Waals surface area contributed by atoms with Gasteiger partial charge in [-0.05, 0) is 36.8 Å². The zero-order valence-corrected chi connectivity index (χ0v) is 12.1. The third-order valence-electron chi connectivity index (χ3n) is 2.66. The van der Waals surface area contributed by atoms with Crippen molar-refractivity contribution >= 4 is 22.0 Å². The largest absolute Gasteiger partial charge is 0.413 e. The highest BCUT2D eigenvalue weighted by atomic mass is 79.9. The van der Waals surface area contributed by atoms with Gasteiger partial charge in [0, 0.05) is 4.47 Å². The molecule has 0 aliphatic rings. The zero-order chi connectivity index (χ0) is 13.7. The highest BCUT2D eigenvalue weighted by molar-refractivity contribution is 9.10.